The quantitative estimate of drug-likeness (QED) is 0.616. The van der Waals surface area contributed by atoms with Gasteiger partial charge in [-0.15, -0.1) is 0 Å². The van der Waals surface area contributed by atoms with Crippen molar-refractivity contribution in [3.05, 3.63) is 88.0 Å². The van der Waals surface area contributed by atoms with E-state index in [2.05, 4.69) is 16.3 Å². The highest BCUT2D eigenvalue weighted by molar-refractivity contribution is 5.91. The van der Waals surface area contributed by atoms with Gasteiger partial charge in [-0.25, -0.2) is 0 Å². The molecule has 6 nitrogen and oxygen atoms in total. The first-order valence-corrected chi connectivity index (χ1v) is 9.84. The normalized spacial score (nSPS) is 13.0. The fraction of sp³-hybridized carbons (Fsp3) is 0.217. The second kappa shape index (κ2) is 8.78. The summed E-state index contributed by atoms with van der Waals surface area (Å²) in [6, 6.07) is 13.6. The smallest absolute Gasteiger partial charge is 0.416 e. The SMILES string of the molecule is O=C(COc1coc(CN2CCc3ccccc32)cc1=O)Nc1cccc(C(F)(F)F)c1. The molecule has 1 N–H and O–H groups in total. The van der Waals surface area contributed by atoms with E-state index in [9.17, 15) is 22.8 Å². The van der Waals surface area contributed by atoms with Crippen LogP contribution in [0.15, 0.2) is 70.1 Å². The number of hydrogen-bond donors (Lipinski definition) is 1. The highest BCUT2D eigenvalue weighted by Gasteiger charge is 2.30. The minimum atomic E-state index is -4.52. The molecule has 166 valence electrons. The Balaban J connectivity index is 1.34. The largest absolute Gasteiger partial charge is 0.477 e. The summed E-state index contributed by atoms with van der Waals surface area (Å²) in [6.07, 6.45) is -2.46. The molecule has 1 amide bonds. The number of benzene rings is 2. The molecule has 0 atom stereocenters. The highest BCUT2D eigenvalue weighted by Crippen LogP contribution is 2.31. The number of fused-ring (bicyclic) bond motifs is 1. The van der Waals surface area contributed by atoms with Crippen molar-refractivity contribution in [3.8, 4) is 5.75 Å². The van der Waals surface area contributed by atoms with Crippen LogP contribution in [0.1, 0.15) is 16.9 Å². The van der Waals surface area contributed by atoms with Gasteiger partial charge in [0.1, 0.15) is 12.0 Å². The number of nitrogens with one attached hydrogen (secondary N) is 1. The number of para-hydroxylation sites is 1. The van der Waals surface area contributed by atoms with Crippen LogP contribution in [0.4, 0.5) is 24.5 Å². The molecule has 0 fully saturated rings. The first kappa shape index (κ1) is 21.5. The molecule has 32 heavy (non-hydrogen) atoms. The number of carbonyl (C=O) groups excluding carboxylic acids is 1. The molecule has 0 spiro atoms. The topological polar surface area (TPSA) is 71.8 Å². The Hall–Kier alpha value is -3.75. The van der Waals surface area contributed by atoms with E-state index in [1.807, 2.05) is 18.2 Å². The van der Waals surface area contributed by atoms with Crippen molar-refractivity contribution in [3.63, 3.8) is 0 Å². The minimum Gasteiger partial charge on any atom is -0.477 e. The van der Waals surface area contributed by atoms with Crippen molar-refractivity contribution in [2.24, 2.45) is 0 Å². The third kappa shape index (κ3) is 4.93. The molecule has 3 aromatic rings. The number of hydrogen-bond acceptors (Lipinski definition) is 5. The van der Waals surface area contributed by atoms with Crippen LogP contribution in [0, 0.1) is 0 Å². The van der Waals surface area contributed by atoms with Gasteiger partial charge in [-0.05, 0) is 36.2 Å². The van der Waals surface area contributed by atoms with Gasteiger partial charge < -0.3 is 19.4 Å². The summed E-state index contributed by atoms with van der Waals surface area (Å²) in [7, 11) is 0. The molecule has 0 unspecified atom stereocenters. The van der Waals surface area contributed by atoms with Crippen LogP contribution in [0.2, 0.25) is 0 Å². The van der Waals surface area contributed by atoms with Gasteiger partial charge in [-0.3, -0.25) is 9.59 Å². The number of carbonyl (C=O) groups is 1. The maximum absolute atomic E-state index is 12.8. The van der Waals surface area contributed by atoms with Crippen molar-refractivity contribution < 1.29 is 27.1 Å². The maximum atomic E-state index is 12.8. The average molecular weight is 444 g/mol. The van der Waals surface area contributed by atoms with Crippen molar-refractivity contribution in [1.29, 1.82) is 0 Å². The zero-order valence-electron chi connectivity index (χ0n) is 16.8. The first-order chi connectivity index (χ1) is 15.3. The summed E-state index contributed by atoms with van der Waals surface area (Å²) in [5.41, 5.74) is 0.976. The summed E-state index contributed by atoms with van der Waals surface area (Å²) in [5.74, 6) is -0.413. The summed E-state index contributed by atoms with van der Waals surface area (Å²) >= 11 is 0. The lowest BCUT2D eigenvalue weighted by atomic mass is 10.2. The lowest BCUT2D eigenvalue weighted by Gasteiger charge is -2.18. The molecule has 0 bridgehead atoms. The molecule has 2 aromatic carbocycles. The van der Waals surface area contributed by atoms with E-state index >= 15 is 0 Å². The van der Waals surface area contributed by atoms with E-state index in [-0.39, 0.29) is 11.4 Å². The van der Waals surface area contributed by atoms with E-state index < -0.39 is 29.7 Å². The summed E-state index contributed by atoms with van der Waals surface area (Å²) < 4.78 is 49.0. The highest BCUT2D eigenvalue weighted by atomic mass is 19.4. The van der Waals surface area contributed by atoms with Crippen molar-refractivity contribution >= 4 is 17.3 Å². The van der Waals surface area contributed by atoms with Crippen LogP contribution >= 0.6 is 0 Å². The van der Waals surface area contributed by atoms with Crippen molar-refractivity contribution in [1.82, 2.24) is 0 Å². The predicted octanol–water partition coefficient (Wildman–Crippen LogP) is 4.24. The van der Waals surface area contributed by atoms with E-state index in [1.54, 1.807) is 0 Å². The Kier molecular flexibility index (Phi) is 5.89. The molecule has 0 saturated heterocycles. The lowest BCUT2D eigenvalue weighted by molar-refractivity contribution is -0.137. The standard InChI is InChI=1S/C23H19F3N2O4/c24-23(25,26)16-5-3-6-17(10-16)27-22(30)14-32-21-13-31-18(11-20(21)29)12-28-9-8-15-4-1-2-7-19(15)28/h1-7,10-11,13H,8-9,12,14H2,(H,27,30). The number of nitrogens with zero attached hydrogens (tertiary/aromatic N) is 1. The Bertz CT molecular complexity index is 1190. The van der Waals surface area contributed by atoms with Crippen molar-refractivity contribution in [2.75, 3.05) is 23.4 Å². The molecule has 1 aliphatic rings. The van der Waals surface area contributed by atoms with Gasteiger partial charge in [-0.2, -0.15) is 13.2 Å². The number of ether oxygens (including phenoxy) is 1. The third-order valence-corrected chi connectivity index (χ3v) is 5.01. The van der Waals surface area contributed by atoms with Crippen LogP contribution < -0.4 is 20.4 Å². The Morgan fingerprint density at radius 2 is 1.94 bits per heavy atom. The molecule has 0 saturated carbocycles. The predicted molar refractivity (Wildman–Crippen MR) is 112 cm³/mol. The summed E-state index contributed by atoms with van der Waals surface area (Å²) in [5, 5.41) is 2.31. The Morgan fingerprint density at radius 1 is 1.12 bits per heavy atom. The van der Waals surface area contributed by atoms with Gasteiger partial charge in [0.2, 0.25) is 11.2 Å². The molecule has 1 aromatic heterocycles. The molecule has 0 radical (unpaired) electrons. The van der Waals surface area contributed by atoms with Gasteiger partial charge >= 0.3 is 6.18 Å². The van der Waals surface area contributed by atoms with Gasteiger partial charge in [-0.1, -0.05) is 24.3 Å². The van der Waals surface area contributed by atoms with Crippen LogP contribution in [0.25, 0.3) is 0 Å². The zero-order valence-corrected chi connectivity index (χ0v) is 16.8. The van der Waals surface area contributed by atoms with Gasteiger partial charge in [0, 0.05) is 24.0 Å². The van der Waals surface area contributed by atoms with Crippen LogP contribution in [-0.4, -0.2) is 19.1 Å². The van der Waals surface area contributed by atoms with Gasteiger partial charge in [0.05, 0.1) is 12.1 Å². The third-order valence-electron chi connectivity index (χ3n) is 5.01. The second-order valence-corrected chi connectivity index (χ2v) is 7.29. The first-order valence-electron chi connectivity index (χ1n) is 9.84. The lowest BCUT2D eigenvalue weighted by Crippen LogP contribution is -2.23. The Morgan fingerprint density at radius 3 is 2.72 bits per heavy atom. The minimum absolute atomic E-state index is 0.0262. The summed E-state index contributed by atoms with van der Waals surface area (Å²) in [6.45, 7) is 0.680. The number of rotatable bonds is 6. The average Bonchev–Trinajstić information content (AvgIpc) is 3.16. The summed E-state index contributed by atoms with van der Waals surface area (Å²) in [4.78, 5) is 26.4. The van der Waals surface area contributed by atoms with Crippen LogP contribution in [0.3, 0.4) is 0 Å². The number of anilines is 2. The second-order valence-electron chi connectivity index (χ2n) is 7.29. The van der Waals surface area contributed by atoms with Crippen LogP contribution in [-0.2, 0) is 23.9 Å². The molecule has 0 aliphatic carbocycles. The Labute approximate surface area is 181 Å². The van der Waals surface area contributed by atoms with E-state index in [1.165, 1.54) is 23.8 Å². The van der Waals surface area contributed by atoms with Crippen molar-refractivity contribution in [2.45, 2.75) is 19.1 Å². The monoisotopic (exact) mass is 444 g/mol. The number of halogens is 3. The number of amides is 1. The zero-order chi connectivity index (χ0) is 22.7. The van der Waals surface area contributed by atoms with E-state index in [0.29, 0.717) is 12.3 Å². The molecule has 9 heteroatoms. The number of alkyl halides is 3. The molecule has 1 aliphatic heterocycles. The van der Waals surface area contributed by atoms with Gasteiger partial charge in [0.15, 0.2) is 6.61 Å². The van der Waals surface area contributed by atoms with E-state index in [4.69, 9.17) is 9.15 Å². The molecular weight excluding hydrogens is 425 g/mol. The molecule has 4 rings (SSSR count). The fourth-order valence-electron chi connectivity index (χ4n) is 3.50. The van der Waals surface area contributed by atoms with E-state index in [0.717, 1.165) is 37.0 Å². The van der Waals surface area contributed by atoms with Crippen LogP contribution in [0.5, 0.6) is 5.75 Å². The molecule has 2 heterocycles. The van der Waals surface area contributed by atoms with Gasteiger partial charge in [0.25, 0.3) is 5.91 Å². The maximum Gasteiger partial charge on any atom is 0.416 e. The molecular formula is C23H19F3N2O4. The fourth-order valence-corrected chi connectivity index (χ4v) is 3.50.